The van der Waals surface area contributed by atoms with E-state index in [2.05, 4.69) is 9.46 Å². The Kier molecular flexibility index (Phi) is 5.67. The number of esters is 2. The summed E-state index contributed by atoms with van der Waals surface area (Å²) in [5.74, 6) is -1.34. The molecule has 0 unspecified atom stereocenters. The number of rotatable bonds is 5. The van der Waals surface area contributed by atoms with Gasteiger partial charge in [0.25, 0.3) is 0 Å². The molecule has 0 atom stereocenters. The smallest absolute Gasteiger partial charge is 0.337 e. The molecule has 22 heavy (non-hydrogen) atoms. The van der Waals surface area contributed by atoms with E-state index in [9.17, 15) is 18.0 Å². The van der Waals surface area contributed by atoms with Crippen molar-refractivity contribution in [1.82, 2.24) is 4.72 Å². The number of hydrogen-bond acceptors (Lipinski definition) is 6. The van der Waals surface area contributed by atoms with Gasteiger partial charge < -0.3 is 9.47 Å². The minimum absolute atomic E-state index is 0.0997. The third-order valence-electron chi connectivity index (χ3n) is 2.39. The highest BCUT2D eigenvalue weighted by molar-refractivity contribution is 7.89. The number of sulfonamides is 1. The lowest BCUT2D eigenvalue weighted by molar-refractivity contribution is -0.153. The highest BCUT2D eigenvalue weighted by Gasteiger charge is 2.21. The Morgan fingerprint density at radius 3 is 2.41 bits per heavy atom. The maximum atomic E-state index is 12.1. The number of hydrogen-bond donors (Lipinski definition) is 1. The molecule has 7 nitrogen and oxygen atoms in total. The molecular formula is C14H19NO6S. The zero-order valence-corrected chi connectivity index (χ0v) is 13.7. The Morgan fingerprint density at radius 1 is 1.23 bits per heavy atom. The third kappa shape index (κ3) is 5.45. The van der Waals surface area contributed by atoms with Gasteiger partial charge in [0.15, 0.2) is 0 Å². The topological polar surface area (TPSA) is 98.8 Å². The van der Waals surface area contributed by atoms with E-state index < -0.39 is 34.1 Å². The molecule has 1 N–H and O–H groups in total. The number of carbonyl (C=O) groups excluding carboxylic acids is 2. The summed E-state index contributed by atoms with van der Waals surface area (Å²) < 4.78 is 35.9. The Labute approximate surface area is 129 Å². The van der Waals surface area contributed by atoms with Crippen LogP contribution in [0.25, 0.3) is 0 Å². The fourth-order valence-electron chi connectivity index (χ4n) is 1.52. The molecule has 1 aromatic rings. The Hall–Kier alpha value is -1.93. The lowest BCUT2D eigenvalue weighted by atomic mass is 10.2. The summed E-state index contributed by atoms with van der Waals surface area (Å²) in [7, 11) is -2.74. The molecule has 0 bridgehead atoms. The van der Waals surface area contributed by atoms with Gasteiger partial charge in [-0.2, -0.15) is 4.72 Å². The van der Waals surface area contributed by atoms with Crippen LogP contribution in [0, 0.1) is 0 Å². The molecule has 1 aromatic carbocycles. The molecule has 0 aromatic heterocycles. The van der Waals surface area contributed by atoms with Crippen molar-refractivity contribution in [3.63, 3.8) is 0 Å². The SMILES string of the molecule is COC(=O)c1cccc(S(=O)(=O)NCC(=O)OC(C)(C)C)c1. The van der Waals surface area contributed by atoms with E-state index in [1.807, 2.05) is 0 Å². The Morgan fingerprint density at radius 2 is 1.86 bits per heavy atom. The second-order valence-corrected chi connectivity index (χ2v) is 7.20. The van der Waals surface area contributed by atoms with Gasteiger partial charge in [0, 0.05) is 0 Å². The average molecular weight is 329 g/mol. The molecule has 0 radical (unpaired) electrons. The van der Waals surface area contributed by atoms with Crippen molar-refractivity contribution < 1.29 is 27.5 Å². The summed E-state index contributed by atoms with van der Waals surface area (Å²) in [4.78, 5) is 22.8. The summed E-state index contributed by atoms with van der Waals surface area (Å²) >= 11 is 0. The van der Waals surface area contributed by atoms with Crippen LogP contribution in [0.15, 0.2) is 29.2 Å². The molecular weight excluding hydrogens is 310 g/mol. The fourth-order valence-corrected chi connectivity index (χ4v) is 2.54. The van der Waals surface area contributed by atoms with Crippen molar-refractivity contribution in [2.75, 3.05) is 13.7 Å². The van der Waals surface area contributed by atoms with Crippen LogP contribution in [0.2, 0.25) is 0 Å². The van der Waals surface area contributed by atoms with E-state index in [1.165, 1.54) is 31.4 Å². The van der Waals surface area contributed by atoms with Crippen LogP contribution in [0.5, 0.6) is 0 Å². The molecule has 0 fully saturated rings. The number of nitrogens with one attached hydrogen (secondary N) is 1. The predicted octanol–water partition coefficient (Wildman–Crippen LogP) is 1.09. The minimum Gasteiger partial charge on any atom is -0.465 e. The summed E-state index contributed by atoms with van der Waals surface area (Å²) in [5.41, 5.74) is -0.601. The zero-order chi connectivity index (χ0) is 17.0. The molecule has 0 amide bonds. The van der Waals surface area contributed by atoms with E-state index >= 15 is 0 Å². The first-order valence-corrected chi connectivity index (χ1v) is 7.93. The fraction of sp³-hybridized carbons (Fsp3) is 0.429. The lowest BCUT2D eigenvalue weighted by Crippen LogP contribution is -2.34. The molecule has 1 rings (SSSR count). The first kappa shape index (κ1) is 18.1. The third-order valence-corrected chi connectivity index (χ3v) is 3.79. The van der Waals surface area contributed by atoms with Crippen molar-refractivity contribution in [3.8, 4) is 0 Å². The van der Waals surface area contributed by atoms with Crippen LogP contribution in [0.1, 0.15) is 31.1 Å². The molecule has 0 saturated heterocycles. The molecule has 122 valence electrons. The first-order valence-electron chi connectivity index (χ1n) is 6.45. The average Bonchev–Trinajstić information content (AvgIpc) is 2.43. The van der Waals surface area contributed by atoms with E-state index in [0.29, 0.717) is 0 Å². The summed E-state index contributed by atoms with van der Waals surface area (Å²) in [6, 6.07) is 5.32. The zero-order valence-electron chi connectivity index (χ0n) is 12.9. The molecule has 0 aliphatic carbocycles. The van der Waals surface area contributed by atoms with Crippen molar-refractivity contribution in [3.05, 3.63) is 29.8 Å². The molecule has 0 heterocycles. The molecule has 0 aliphatic rings. The van der Waals surface area contributed by atoms with Crippen LogP contribution in [-0.4, -0.2) is 39.6 Å². The summed E-state index contributed by atoms with van der Waals surface area (Å²) in [6.45, 7) is 4.54. The van der Waals surface area contributed by atoms with Crippen molar-refractivity contribution in [2.24, 2.45) is 0 Å². The molecule has 0 spiro atoms. The highest BCUT2D eigenvalue weighted by Crippen LogP contribution is 2.12. The second-order valence-electron chi connectivity index (χ2n) is 5.43. The highest BCUT2D eigenvalue weighted by atomic mass is 32.2. The molecule has 0 aliphatic heterocycles. The summed E-state index contributed by atoms with van der Waals surface area (Å²) in [5, 5.41) is 0. The maximum Gasteiger partial charge on any atom is 0.337 e. The summed E-state index contributed by atoms with van der Waals surface area (Å²) in [6.07, 6.45) is 0. The van der Waals surface area contributed by atoms with Gasteiger partial charge in [-0.3, -0.25) is 4.79 Å². The first-order chi connectivity index (χ1) is 10.0. The Bertz CT molecular complexity index is 660. The van der Waals surface area contributed by atoms with Crippen LogP contribution in [0.3, 0.4) is 0 Å². The number of carbonyl (C=O) groups is 2. The van der Waals surface area contributed by atoms with E-state index in [-0.39, 0.29) is 10.5 Å². The van der Waals surface area contributed by atoms with E-state index in [4.69, 9.17) is 4.74 Å². The van der Waals surface area contributed by atoms with Crippen molar-refractivity contribution >= 4 is 22.0 Å². The molecule has 0 saturated carbocycles. The minimum atomic E-state index is -3.93. The number of benzene rings is 1. The van der Waals surface area contributed by atoms with Crippen molar-refractivity contribution in [2.45, 2.75) is 31.3 Å². The second kappa shape index (κ2) is 6.89. The molecule has 8 heteroatoms. The van der Waals surface area contributed by atoms with Crippen LogP contribution < -0.4 is 4.72 Å². The van der Waals surface area contributed by atoms with Gasteiger partial charge in [0.2, 0.25) is 10.0 Å². The normalized spacial score (nSPS) is 11.8. The van der Waals surface area contributed by atoms with Crippen LogP contribution >= 0.6 is 0 Å². The van der Waals surface area contributed by atoms with Gasteiger partial charge >= 0.3 is 11.9 Å². The number of methoxy groups -OCH3 is 1. The van der Waals surface area contributed by atoms with E-state index in [1.54, 1.807) is 20.8 Å². The van der Waals surface area contributed by atoms with Gasteiger partial charge in [-0.25, -0.2) is 13.2 Å². The largest absolute Gasteiger partial charge is 0.465 e. The quantitative estimate of drug-likeness (QED) is 0.812. The van der Waals surface area contributed by atoms with Gasteiger partial charge in [0.1, 0.15) is 12.1 Å². The van der Waals surface area contributed by atoms with Gasteiger partial charge in [-0.1, -0.05) is 6.07 Å². The van der Waals surface area contributed by atoms with E-state index in [0.717, 1.165) is 0 Å². The van der Waals surface area contributed by atoms with Crippen LogP contribution in [-0.2, 0) is 24.3 Å². The van der Waals surface area contributed by atoms with Gasteiger partial charge in [-0.05, 0) is 39.0 Å². The lowest BCUT2D eigenvalue weighted by Gasteiger charge is -2.19. The standard InChI is InChI=1S/C14H19NO6S/c1-14(2,3)21-12(16)9-15-22(18,19)11-7-5-6-10(8-11)13(17)20-4/h5-8,15H,9H2,1-4H3. The maximum absolute atomic E-state index is 12.1. The van der Waals surface area contributed by atoms with Gasteiger partial charge in [0.05, 0.1) is 17.6 Å². The number of ether oxygens (including phenoxy) is 2. The monoisotopic (exact) mass is 329 g/mol. The van der Waals surface area contributed by atoms with Crippen molar-refractivity contribution in [1.29, 1.82) is 0 Å². The predicted molar refractivity (Wildman–Crippen MR) is 78.8 cm³/mol. The Balaban J connectivity index is 2.83. The van der Waals surface area contributed by atoms with Crippen LogP contribution in [0.4, 0.5) is 0 Å². The van der Waals surface area contributed by atoms with Gasteiger partial charge in [-0.15, -0.1) is 0 Å².